The summed E-state index contributed by atoms with van der Waals surface area (Å²) in [6, 6.07) is 6.97. The van der Waals surface area contributed by atoms with Gasteiger partial charge in [0, 0.05) is 0 Å². The van der Waals surface area contributed by atoms with E-state index in [1.807, 2.05) is 0 Å². The van der Waals surface area contributed by atoms with E-state index in [1.165, 1.54) is 0 Å². The molecule has 0 amide bonds. The van der Waals surface area contributed by atoms with Crippen LogP contribution >= 0.6 is 0 Å². The number of hydrogen-bond donors (Lipinski definition) is 1. The normalized spacial score (nSPS) is 13.6. The summed E-state index contributed by atoms with van der Waals surface area (Å²) in [4.78, 5) is 0. The van der Waals surface area contributed by atoms with Gasteiger partial charge in [-0.25, -0.2) is 8.42 Å². The average Bonchev–Trinajstić information content (AvgIpc) is 2.29. The zero-order valence-corrected chi connectivity index (χ0v) is 11.8. The van der Waals surface area contributed by atoms with Crippen molar-refractivity contribution in [2.75, 3.05) is 12.4 Å². The maximum Gasteiger partial charge on any atom is 0.155 e. The maximum atomic E-state index is 11.6. The molecule has 1 rings (SSSR count). The molecule has 0 aliphatic heterocycles. The number of ether oxygens (including phenoxy) is 1. The van der Waals surface area contributed by atoms with E-state index in [0.717, 1.165) is 5.56 Å². The summed E-state index contributed by atoms with van der Waals surface area (Å²) in [6.45, 7) is 5.15. The molecule has 0 saturated carbocycles. The fourth-order valence-corrected chi connectivity index (χ4v) is 2.14. The average molecular weight is 272 g/mol. The minimum Gasteiger partial charge on any atom is -0.493 e. The van der Waals surface area contributed by atoms with Gasteiger partial charge >= 0.3 is 0 Å². The van der Waals surface area contributed by atoms with E-state index in [9.17, 15) is 13.5 Å². The standard InChI is InChI=1S/C13H20O4S/c1-10(2)18(15,16)9-8-17-13-6-4-12(5-7-13)11(3)14/h4-7,10-11,14H,8-9H2,1-3H3/t11-/m0/s1. The van der Waals surface area contributed by atoms with Gasteiger partial charge in [0.15, 0.2) is 9.84 Å². The van der Waals surface area contributed by atoms with Crippen molar-refractivity contribution in [3.8, 4) is 5.75 Å². The Morgan fingerprint density at radius 2 is 1.72 bits per heavy atom. The molecule has 5 heteroatoms. The summed E-state index contributed by atoms with van der Waals surface area (Å²) < 4.78 is 28.5. The predicted molar refractivity (Wildman–Crippen MR) is 71.5 cm³/mol. The molecule has 0 bridgehead atoms. The monoisotopic (exact) mass is 272 g/mol. The Hall–Kier alpha value is -1.07. The molecule has 0 aliphatic rings. The molecule has 0 aliphatic carbocycles. The summed E-state index contributed by atoms with van der Waals surface area (Å²) in [7, 11) is -3.05. The van der Waals surface area contributed by atoms with Gasteiger partial charge in [0.25, 0.3) is 0 Å². The first-order valence-corrected chi connectivity index (χ1v) is 7.67. The molecule has 18 heavy (non-hydrogen) atoms. The van der Waals surface area contributed by atoms with Gasteiger partial charge in [-0.2, -0.15) is 0 Å². The van der Waals surface area contributed by atoms with Crippen molar-refractivity contribution < 1.29 is 18.3 Å². The van der Waals surface area contributed by atoms with Crippen molar-refractivity contribution in [1.29, 1.82) is 0 Å². The van der Waals surface area contributed by atoms with Crippen LogP contribution in [0.1, 0.15) is 32.4 Å². The van der Waals surface area contributed by atoms with Gasteiger partial charge in [0.05, 0.1) is 17.1 Å². The molecule has 1 N–H and O–H groups in total. The highest BCUT2D eigenvalue weighted by Crippen LogP contribution is 2.17. The van der Waals surface area contributed by atoms with Crippen LogP contribution < -0.4 is 4.74 Å². The molecule has 0 fully saturated rings. The molecule has 4 nitrogen and oxygen atoms in total. The number of hydrogen-bond acceptors (Lipinski definition) is 4. The Kier molecular flexibility index (Phi) is 5.16. The fraction of sp³-hybridized carbons (Fsp3) is 0.538. The third-order valence-electron chi connectivity index (χ3n) is 2.72. The Bertz CT molecular complexity index is 460. The molecule has 0 aromatic heterocycles. The lowest BCUT2D eigenvalue weighted by Crippen LogP contribution is -2.22. The second-order valence-corrected chi connectivity index (χ2v) is 7.19. The highest BCUT2D eigenvalue weighted by Gasteiger charge is 2.15. The van der Waals surface area contributed by atoms with Gasteiger partial charge in [-0.3, -0.25) is 0 Å². The number of rotatable bonds is 6. The molecule has 1 aromatic rings. The maximum absolute atomic E-state index is 11.6. The van der Waals surface area contributed by atoms with E-state index < -0.39 is 15.9 Å². The lowest BCUT2D eigenvalue weighted by Gasteiger charge is -2.10. The molecule has 1 atom stereocenters. The third kappa shape index (κ3) is 4.31. The molecule has 102 valence electrons. The number of aliphatic hydroxyl groups excluding tert-OH is 1. The van der Waals surface area contributed by atoms with Crippen LogP contribution in [0.5, 0.6) is 5.75 Å². The second-order valence-electron chi connectivity index (χ2n) is 4.51. The largest absolute Gasteiger partial charge is 0.493 e. The van der Waals surface area contributed by atoms with E-state index in [2.05, 4.69) is 0 Å². The van der Waals surface area contributed by atoms with Crippen molar-refractivity contribution in [3.63, 3.8) is 0 Å². The van der Waals surface area contributed by atoms with Gasteiger partial charge < -0.3 is 9.84 Å². The number of aliphatic hydroxyl groups is 1. The van der Waals surface area contributed by atoms with Crippen LogP contribution in [0.15, 0.2) is 24.3 Å². The van der Waals surface area contributed by atoms with Crippen LogP contribution in [0.25, 0.3) is 0 Å². The zero-order valence-electron chi connectivity index (χ0n) is 11.0. The first kappa shape index (κ1) is 15.0. The first-order valence-electron chi connectivity index (χ1n) is 5.95. The van der Waals surface area contributed by atoms with E-state index in [1.54, 1.807) is 45.0 Å². The van der Waals surface area contributed by atoms with Crippen molar-refractivity contribution in [2.24, 2.45) is 0 Å². The number of sulfone groups is 1. The van der Waals surface area contributed by atoms with Gasteiger partial charge in [-0.1, -0.05) is 12.1 Å². The van der Waals surface area contributed by atoms with Crippen LogP contribution in [-0.4, -0.2) is 31.1 Å². The highest BCUT2D eigenvalue weighted by molar-refractivity contribution is 7.91. The molecule has 0 saturated heterocycles. The van der Waals surface area contributed by atoms with Crippen LogP contribution in [0, 0.1) is 0 Å². The van der Waals surface area contributed by atoms with Crippen molar-refractivity contribution >= 4 is 9.84 Å². The van der Waals surface area contributed by atoms with Crippen LogP contribution in [0.2, 0.25) is 0 Å². The Morgan fingerprint density at radius 3 is 2.17 bits per heavy atom. The second kappa shape index (κ2) is 6.20. The summed E-state index contributed by atoms with van der Waals surface area (Å²) in [5.41, 5.74) is 0.803. The summed E-state index contributed by atoms with van der Waals surface area (Å²) in [5.74, 6) is 0.626. The van der Waals surface area contributed by atoms with Crippen molar-refractivity contribution in [3.05, 3.63) is 29.8 Å². The highest BCUT2D eigenvalue weighted by atomic mass is 32.2. The van der Waals surface area contributed by atoms with E-state index >= 15 is 0 Å². The van der Waals surface area contributed by atoms with Crippen LogP contribution in [0.3, 0.4) is 0 Å². The third-order valence-corrected chi connectivity index (χ3v) is 4.89. The van der Waals surface area contributed by atoms with Gasteiger partial charge in [-0.15, -0.1) is 0 Å². The molecule has 1 aromatic carbocycles. The summed E-state index contributed by atoms with van der Waals surface area (Å²) in [5, 5.41) is 8.96. The SMILES string of the molecule is CC(C)S(=O)(=O)CCOc1ccc([C@H](C)O)cc1. The first-order chi connectivity index (χ1) is 8.33. The van der Waals surface area contributed by atoms with Gasteiger partial charge in [-0.05, 0) is 38.5 Å². The predicted octanol–water partition coefficient (Wildman–Crippen LogP) is 1.94. The smallest absolute Gasteiger partial charge is 0.155 e. The van der Waals surface area contributed by atoms with E-state index in [4.69, 9.17) is 4.74 Å². The number of benzene rings is 1. The van der Waals surface area contributed by atoms with Crippen molar-refractivity contribution in [1.82, 2.24) is 0 Å². The molecule has 0 unspecified atom stereocenters. The lowest BCUT2D eigenvalue weighted by atomic mass is 10.1. The molecule has 0 heterocycles. The summed E-state index contributed by atoms with van der Waals surface area (Å²) in [6.07, 6.45) is -0.514. The van der Waals surface area contributed by atoms with Crippen LogP contribution in [0.4, 0.5) is 0 Å². The van der Waals surface area contributed by atoms with Crippen LogP contribution in [-0.2, 0) is 9.84 Å². The minimum atomic E-state index is -3.05. The van der Waals surface area contributed by atoms with E-state index in [-0.39, 0.29) is 17.6 Å². The molecule has 0 spiro atoms. The molecular formula is C13H20O4S. The fourth-order valence-electron chi connectivity index (χ4n) is 1.35. The lowest BCUT2D eigenvalue weighted by molar-refractivity contribution is 0.199. The summed E-state index contributed by atoms with van der Waals surface area (Å²) >= 11 is 0. The Labute approximate surface area is 109 Å². The quantitative estimate of drug-likeness (QED) is 0.859. The van der Waals surface area contributed by atoms with E-state index in [0.29, 0.717) is 5.75 Å². The Morgan fingerprint density at radius 1 is 1.17 bits per heavy atom. The topological polar surface area (TPSA) is 63.6 Å². The Balaban J connectivity index is 2.50. The van der Waals surface area contributed by atoms with Crippen molar-refractivity contribution in [2.45, 2.75) is 32.1 Å². The zero-order chi connectivity index (χ0) is 13.8. The molecular weight excluding hydrogens is 252 g/mol. The van der Waals surface area contributed by atoms with Gasteiger partial charge in [0.1, 0.15) is 12.4 Å². The minimum absolute atomic E-state index is 0.0167. The molecule has 0 radical (unpaired) electrons. The van der Waals surface area contributed by atoms with Gasteiger partial charge in [0.2, 0.25) is 0 Å².